The fraction of sp³-hybridized carbons (Fsp3) is 0.316. The highest BCUT2D eigenvalue weighted by molar-refractivity contribution is 7.89. The van der Waals surface area contributed by atoms with Gasteiger partial charge in [-0.3, -0.25) is 0 Å². The molecule has 0 aliphatic carbocycles. The normalized spacial score (nSPS) is 16.9. The molecule has 1 aliphatic rings. The van der Waals surface area contributed by atoms with Crippen LogP contribution in [0.4, 0.5) is 4.39 Å². The Labute approximate surface area is 167 Å². The van der Waals surface area contributed by atoms with Gasteiger partial charge in [-0.1, -0.05) is 17.7 Å². The molecule has 28 heavy (non-hydrogen) atoms. The van der Waals surface area contributed by atoms with E-state index in [1.54, 1.807) is 0 Å². The molecule has 1 aliphatic heterocycles. The summed E-state index contributed by atoms with van der Waals surface area (Å²) in [4.78, 5) is 12.2. The van der Waals surface area contributed by atoms with E-state index in [4.69, 9.17) is 21.1 Å². The van der Waals surface area contributed by atoms with Crippen molar-refractivity contribution >= 4 is 27.6 Å². The van der Waals surface area contributed by atoms with Gasteiger partial charge in [0.15, 0.2) is 0 Å². The first-order chi connectivity index (χ1) is 13.4. The van der Waals surface area contributed by atoms with Gasteiger partial charge < -0.3 is 9.47 Å². The molecular weight excluding hydrogens is 409 g/mol. The molecule has 1 atom stereocenters. The number of hydrogen-bond donors (Lipinski definition) is 1. The first kappa shape index (κ1) is 20.7. The third-order valence-electron chi connectivity index (χ3n) is 4.33. The van der Waals surface area contributed by atoms with Crippen LogP contribution in [0.5, 0.6) is 0 Å². The summed E-state index contributed by atoms with van der Waals surface area (Å²) >= 11 is 5.89. The van der Waals surface area contributed by atoms with Crippen LogP contribution in [0, 0.1) is 5.82 Å². The summed E-state index contributed by atoms with van der Waals surface area (Å²) in [6.07, 6.45) is 1.62. The van der Waals surface area contributed by atoms with Crippen molar-refractivity contribution in [2.45, 2.75) is 30.4 Å². The number of esters is 1. The van der Waals surface area contributed by atoms with Gasteiger partial charge in [-0.25, -0.2) is 22.3 Å². The smallest absolute Gasteiger partial charge is 0.338 e. The first-order valence-electron chi connectivity index (χ1n) is 8.68. The standard InChI is InChI=1S/C19H19ClFNO5S/c20-17-4-1-5-18(21)16(17)12-27-19(23)13-6-8-15(9-7-13)28(24,25)22-11-14-3-2-10-26-14/h1,4-9,14,22H,2-3,10-12H2. The summed E-state index contributed by atoms with van der Waals surface area (Å²) in [5, 5.41) is 0.159. The zero-order valence-corrected chi connectivity index (χ0v) is 16.4. The van der Waals surface area contributed by atoms with Gasteiger partial charge in [0, 0.05) is 18.7 Å². The second-order valence-corrected chi connectivity index (χ2v) is 8.46. The number of ether oxygens (including phenoxy) is 2. The quantitative estimate of drug-likeness (QED) is 0.686. The van der Waals surface area contributed by atoms with Crippen molar-refractivity contribution < 1.29 is 27.1 Å². The van der Waals surface area contributed by atoms with Gasteiger partial charge in [0.05, 0.1) is 21.6 Å². The lowest BCUT2D eigenvalue weighted by Gasteiger charge is -2.12. The molecule has 0 amide bonds. The Kier molecular flexibility index (Phi) is 6.66. The molecule has 3 rings (SSSR count). The van der Waals surface area contributed by atoms with Gasteiger partial charge in [0.2, 0.25) is 10.0 Å². The Morgan fingerprint density at radius 3 is 2.64 bits per heavy atom. The molecule has 1 fully saturated rings. The van der Waals surface area contributed by atoms with Crippen LogP contribution in [0.1, 0.15) is 28.8 Å². The Morgan fingerprint density at radius 2 is 2.00 bits per heavy atom. The van der Waals surface area contributed by atoms with Crippen molar-refractivity contribution in [2.75, 3.05) is 13.2 Å². The molecule has 1 heterocycles. The number of rotatable bonds is 7. The summed E-state index contributed by atoms with van der Waals surface area (Å²) in [6.45, 7) is 0.518. The molecule has 1 N–H and O–H groups in total. The average Bonchev–Trinajstić information content (AvgIpc) is 3.20. The SMILES string of the molecule is O=C(OCc1c(F)cccc1Cl)c1ccc(S(=O)(=O)NCC2CCCO2)cc1. The van der Waals surface area contributed by atoms with Crippen LogP contribution >= 0.6 is 11.6 Å². The van der Waals surface area contributed by atoms with E-state index in [0.717, 1.165) is 12.8 Å². The molecular formula is C19H19ClFNO5S. The molecule has 2 aromatic rings. The Balaban J connectivity index is 1.60. The van der Waals surface area contributed by atoms with E-state index in [9.17, 15) is 17.6 Å². The Bertz CT molecular complexity index is 923. The highest BCUT2D eigenvalue weighted by Crippen LogP contribution is 2.20. The molecule has 1 unspecified atom stereocenters. The lowest BCUT2D eigenvalue weighted by molar-refractivity contribution is 0.0469. The highest BCUT2D eigenvalue weighted by Gasteiger charge is 2.21. The predicted molar refractivity (Wildman–Crippen MR) is 101 cm³/mol. The van der Waals surface area contributed by atoms with Gasteiger partial charge in [-0.05, 0) is 49.2 Å². The zero-order chi connectivity index (χ0) is 20.1. The molecule has 0 radical (unpaired) electrons. The van der Waals surface area contributed by atoms with E-state index in [0.29, 0.717) is 6.61 Å². The van der Waals surface area contributed by atoms with Crippen LogP contribution in [-0.2, 0) is 26.1 Å². The van der Waals surface area contributed by atoms with E-state index in [1.165, 1.54) is 42.5 Å². The van der Waals surface area contributed by atoms with Gasteiger partial charge >= 0.3 is 5.97 Å². The number of hydrogen-bond acceptors (Lipinski definition) is 5. The molecule has 0 aromatic heterocycles. The van der Waals surface area contributed by atoms with Crippen molar-refractivity contribution in [3.63, 3.8) is 0 Å². The van der Waals surface area contributed by atoms with Crippen molar-refractivity contribution in [3.05, 3.63) is 64.4 Å². The van der Waals surface area contributed by atoms with E-state index in [-0.39, 0.29) is 40.3 Å². The predicted octanol–water partition coefficient (Wildman–Crippen LogP) is 3.29. The molecule has 0 bridgehead atoms. The second kappa shape index (κ2) is 9.00. The minimum atomic E-state index is -3.71. The second-order valence-electron chi connectivity index (χ2n) is 6.29. The Hall–Kier alpha value is -2.00. The molecule has 150 valence electrons. The largest absolute Gasteiger partial charge is 0.457 e. The fourth-order valence-corrected chi connectivity index (χ4v) is 4.04. The maximum absolute atomic E-state index is 13.7. The summed E-state index contributed by atoms with van der Waals surface area (Å²) in [5.74, 6) is -1.28. The third-order valence-corrected chi connectivity index (χ3v) is 6.13. The molecule has 0 spiro atoms. The summed E-state index contributed by atoms with van der Waals surface area (Å²) in [6, 6.07) is 9.47. The maximum Gasteiger partial charge on any atom is 0.338 e. The molecule has 9 heteroatoms. The topological polar surface area (TPSA) is 81.7 Å². The number of benzene rings is 2. The monoisotopic (exact) mass is 427 g/mol. The summed E-state index contributed by atoms with van der Waals surface area (Å²) in [7, 11) is -3.71. The molecule has 6 nitrogen and oxygen atoms in total. The fourth-order valence-electron chi connectivity index (χ4n) is 2.75. The van der Waals surface area contributed by atoms with Crippen LogP contribution in [-0.4, -0.2) is 33.6 Å². The van der Waals surface area contributed by atoms with Crippen LogP contribution in [0.3, 0.4) is 0 Å². The number of carbonyl (C=O) groups is 1. The van der Waals surface area contributed by atoms with Crippen molar-refractivity contribution in [3.8, 4) is 0 Å². The van der Waals surface area contributed by atoms with Crippen LogP contribution in [0.25, 0.3) is 0 Å². The van der Waals surface area contributed by atoms with Gasteiger partial charge in [-0.2, -0.15) is 0 Å². The van der Waals surface area contributed by atoms with Gasteiger partial charge in [0.25, 0.3) is 0 Å². The van der Waals surface area contributed by atoms with E-state index in [2.05, 4.69) is 4.72 Å². The lowest BCUT2D eigenvalue weighted by Crippen LogP contribution is -2.31. The minimum absolute atomic E-state index is 0.0270. The van der Waals surface area contributed by atoms with E-state index >= 15 is 0 Å². The van der Waals surface area contributed by atoms with Crippen molar-refractivity contribution in [1.82, 2.24) is 4.72 Å². The average molecular weight is 428 g/mol. The van der Waals surface area contributed by atoms with Crippen LogP contribution in [0.2, 0.25) is 5.02 Å². The zero-order valence-electron chi connectivity index (χ0n) is 14.9. The molecule has 0 saturated carbocycles. The van der Waals surface area contributed by atoms with Crippen molar-refractivity contribution in [2.24, 2.45) is 0 Å². The first-order valence-corrected chi connectivity index (χ1v) is 10.5. The van der Waals surface area contributed by atoms with Crippen LogP contribution in [0.15, 0.2) is 47.4 Å². The van der Waals surface area contributed by atoms with Crippen molar-refractivity contribution in [1.29, 1.82) is 0 Å². The number of sulfonamides is 1. The van der Waals surface area contributed by atoms with E-state index in [1.807, 2.05) is 0 Å². The third kappa shape index (κ3) is 5.08. The Morgan fingerprint density at radius 1 is 1.25 bits per heavy atom. The van der Waals surface area contributed by atoms with Crippen LogP contribution < -0.4 is 4.72 Å². The number of halogens is 2. The van der Waals surface area contributed by atoms with E-state index < -0.39 is 21.8 Å². The van der Waals surface area contributed by atoms with Gasteiger partial charge in [-0.15, -0.1) is 0 Å². The number of carbonyl (C=O) groups excluding carboxylic acids is 1. The minimum Gasteiger partial charge on any atom is -0.457 e. The highest BCUT2D eigenvalue weighted by atomic mass is 35.5. The number of nitrogens with one attached hydrogen (secondary N) is 1. The van der Waals surface area contributed by atoms with Gasteiger partial charge in [0.1, 0.15) is 12.4 Å². The molecule has 2 aromatic carbocycles. The molecule has 1 saturated heterocycles. The summed E-state index contributed by atoms with van der Waals surface area (Å²) < 4.78 is 51.3. The maximum atomic E-state index is 13.7. The summed E-state index contributed by atoms with van der Waals surface area (Å²) in [5.41, 5.74) is 0.223. The lowest BCUT2D eigenvalue weighted by atomic mass is 10.2.